The third-order valence-corrected chi connectivity index (χ3v) is 5.56. The number of nitrogens with zero attached hydrogens (tertiary/aromatic N) is 2. The molecule has 0 saturated heterocycles. The van der Waals surface area contributed by atoms with E-state index in [2.05, 4.69) is 33.1 Å². The average Bonchev–Trinajstić information content (AvgIpc) is 3.15. The van der Waals surface area contributed by atoms with Crippen LogP contribution in [0.4, 0.5) is 13.9 Å². The van der Waals surface area contributed by atoms with Crippen molar-refractivity contribution in [1.82, 2.24) is 20.8 Å². The molecule has 2 aromatic rings. The summed E-state index contributed by atoms with van der Waals surface area (Å²) in [4.78, 5) is 25.0. The van der Waals surface area contributed by atoms with Gasteiger partial charge in [0.2, 0.25) is 16.9 Å². The molecule has 0 radical (unpaired) electrons. The lowest BCUT2D eigenvalue weighted by atomic mass is 10.1. The predicted octanol–water partition coefficient (Wildman–Crippen LogP) is 4.15. The van der Waals surface area contributed by atoms with Crippen LogP contribution in [0.15, 0.2) is 18.2 Å². The highest BCUT2D eigenvalue weighted by molar-refractivity contribution is 7.15. The molecular formula is C21H30ClF2N5O2S. The number of nitrogens with one attached hydrogen (secondary N) is 3. The van der Waals surface area contributed by atoms with Gasteiger partial charge in [-0.05, 0) is 44.0 Å². The zero-order valence-electron chi connectivity index (χ0n) is 18.4. The summed E-state index contributed by atoms with van der Waals surface area (Å²) in [6, 6.07) is 2.16. The Hall–Kier alpha value is -2.17. The maximum absolute atomic E-state index is 13.3. The topological polar surface area (TPSA) is 96.0 Å². The fourth-order valence-corrected chi connectivity index (χ4v) is 3.71. The first kappa shape index (κ1) is 27.9. The van der Waals surface area contributed by atoms with Gasteiger partial charge < -0.3 is 10.6 Å². The fourth-order valence-electron chi connectivity index (χ4n) is 2.94. The molecule has 0 spiro atoms. The third kappa shape index (κ3) is 9.13. The summed E-state index contributed by atoms with van der Waals surface area (Å²) >= 11 is 1.27. The second-order valence-electron chi connectivity index (χ2n) is 7.33. The van der Waals surface area contributed by atoms with E-state index in [1.54, 1.807) is 0 Å². The Balaban J connectivity index is 0.00000512. The molecule has 3 N–H and O–H groups in total. The molecule has 32 heavy (non-hydrogen) atoms. The van der Waals surface area contributed by atoms with Crippen LogP contribution in [0, 0.1) is 11.6 Å². The van der Waals surface area contributed by atoms with Crippen LogP contribution in [0.5, 0.6) is 0 Å². The molecule has 0 bridgehead atoms. The summed E-state index contributed by atoms with van der Waals surface area (Å²) in [5, 5.41) is 17.9. The molecule has 11 heteroatoms. The molecule has 2 unspecified atom stereocenters. The van der Waals surface area contributed by atoms with E-state index < -0.39 is 29.5 Å². The average molecular weight is 490 g/mol. The monoisotopic (exact) mass is 489 g/mol. The van der Waals surface area contributed by atoms with E-state index in [9.17, 15) is 18.4 Å². The number of hydrogen-bond donors (Lipinski definition) is 3. The van der Waals surface area contributed by atoms with Crippen molar-refractivity contribution in [3.63, 3.8) is 0 Å². The zero-order chi connectivity index (χ0) is 22.8. The lowest BCUT2D eigenvalue weighted by molar-refractivity contribution is -0.126. The molecule has 0 aliphatic rings. The van der Waals surface area contributed by atoms with E-state index in [1.807, 2.05) is 13.8 Å². The molecule has 0 aliphatic carbocycles. The molecule has 2 amide bonds. The predicted molar refractivity (Wildman–Crippen MR) is 124 cm³/mol. The molecule has 1 heterocycles. The van der Waals surface area contributed by atoms with E-state index in [0.717, 1.165) is 42.6 Å². The van der Waals surface area contributed by atoms with Crippen LogP contribution in [-0.4, -0.2) is 34.6 Å². The number of unbranched alkanes of at least 4 members (excludes halogenated alkanes) is 1. The lowest BCUT2D eigenvalue weighted by Crippen LogP contribution is -2.44. The smallest absolute Gasteiger partial charge is 0.248 e. The number of hydrogen-bond acceptors (Lipinski definition) is 6. The number of rotatable bonds is 12. The quantitative estimate of drug-likeness (QED) is 0.389. The first-order chi connectivity index (χ1) is 14.8. The Morgan fingerprint density at radius 3 is 2.41 bits per heavy atom. The Morgan fingerprint density at radius 1 is 1.09 bits per heavy atom. The van der Waals surface area contributed by atoms with Gasteiger partial charge >= 0.3 is 0 Å². The molecule has 0 aliphatic heterocycles. The first-order valence-electron chi connectivity index (χ1n) is 10.4. The van der Waals surface area contributed by atoms with Gasteiger partial charge in [-0.15, -0.1) is 22.6 Å². The third-order valence-electron chi connectivity index (χ3n) is 4.54. The van der Waals surface area contributed by atoms with Crippen molar-refractivity contribution in [3.8, 4) is 0 Å². The minimum Gasteiger partial charge on any atom is -0.344 e. The largest absolute Gasteiger partial charge is 0.344 e. The van der Waals surface area contributed by atoms with Crippen molar-refractivity contribution < 1.29 is 18.4 Å². The van der Waals surface area contributed by atoms with Crippen molar-refractivity contribution in [2.24, 2.45) is 0 Å². The van der Waals surface area contributed by atoms with Gasteiger partial charge in [-0.2, -0.15) is 0 Å². The van der Waals surface area contributed by atoms with Gasteiger partial charge in [-0.25, -0.2) is 8.78 Å². The van der Waals surface area contributed by atoms with Crippen LogP contribution < -0.4 is 16.0 Å². The zero-order valence-corrected chi connectivity index (χ0v) is 20.0. The van der Waals surface area contributed by atoms with Gasteiger partial charge in [0.15, 0.2) is 0 Å². The lowest BCUT2D eigenvalue weighted by Gasteiger charge is -2.17. The van der Waals surface area contributed by atoms with Crippen molar-refractivity contribution >= 4 is 40.7 Å². The van der Waals surface area contributed by atoms with Crippen LogP contribution in [0.2, 0.25) is 0 Å². The van der Waals surface area contributed by atoms with Gasteiger partial charge in [0.1, 0.15) is 22.7 Å². The Labute approximate surface area is 197 Å². The number of amides is 2. The number of carbonyl (C=O) groups excluding carboxylic acids is 2. The summed E-state index contributed by atoms with van der Waals surface area (Å²) in [7, 11) is 0. The maximum atomic E-state index is 13.3. The fraction of sp³-hybridized carbons (Fsp3) is 0.524. The van der Waals surface area contributed by atoms with Crippen molar-refractivity contribution in [3.05, 3.63) is 40.4 Å². The standard InChI is InChI=1S/C21H29F2N5O2S.ClH/c1-4-6-8-24-13(3)20-27-28-21(31-20)26-19(30)17(7-5-2)25-18(29)11-14-9-15(22)12-16(23)10-14;/h9-10,12-13,17,24H,4-8,11H2,1-3H3,(H,25,29)(H,26,28,30);1H. The Morgan fingerprint density at radius 2 is 1.78 bits per heavy atom. The second-order valence-corrected chi connectivity index (χ2v) is 8.34. The second kappa shape index (κ2) is 14.1. The van der Waals surface area contributed by atoms with Crippen LogP contribution in [0.25, 0.3) is 0 Å². The normalized spacial score (nSPS) is 12.5. The molecule has 1 aromatic carbocycles. The summed E-state index contributed by atoms with van der Waals surface area (Å²) in [6.07, 6.45) is 3.00. The minimum atomic E-state index is -0.789. The molecule has 2 rings (SSSR count). The van der Waals surface area contributed by atoms with E-state index in [1.165, 1.54) is 11.3 Å². The van der Waals surface area contributed by atoms with E-state index in [-0.39, 0.29) is 30.4 Å². The van der Waals surface area contributed by atoms with Crippen LogP contribution >= 0.6 is 23.7 Å². The number of aromatic nitrogens is 2. The number of benzene rings is 1. The van der Waals surface area contributed by atoms with E-state index >= 15 is 0 Å². The molecular weight excluding hydrogens is 460 g/mol. The summed E-state index contributed by atoms with van der Waals surface area (Å²) < 4.78 is 26.7. The summed E-state index contributed by atoms with van der Waals surface area (Å²) in [5.41, 5.74) is 0.198. The molecule has 178 valence electrons. The summed E-state index contributed by atoms with van der Waals surface area (Å²) in [5.74, 6) is -2.41. The van der Waals surface area contributed by atoms with Gasteiger partial charge in [0, 0.05) is 6.07 Å². The highest BCUT2D eigenvalue weighted by atomic mass is 35.5. The van der Waals surface area contributed by atoms with E-state index in [4.69, 9.17) is 0 Å². The minimum absolute atomic E-state index is 0. The molecule has 0 saturated carbocycles. The van der Waals surface area contributed by atoms with Crippen molar-refractivity contribution in [2.45, 2.75) is 65.0 Å². The maximum Gasteiger partial charge on any atom is 0.248 e. The van der Waals surface area contributed by atoms with Gasteiger partial charge in [-0.1, -0.05) is 38.0 Å². The van der Waals surface area contributed by atoms with Gasteiger partial charge in [-0.3, -0.25) is 14.9 Å². The SMILES string of the molecule is CCCCNC(C)c1nnc(NC(=O)C(CCC)NC(=O)Cc2cc(F)cc(F)c2)s1.Cl. The summed E-state index contributed by atoms with van der Waals surface area (Å²) in [6.45, 7) is 6.86. The Kier molecular flexibility index (Phi) is 12.3. The Bertz CT molecular complexity index is 863. The van der Waals surface area contributed by atoms with Gasteiger partial charge in [0.25, 0.3) is 0 Å². The van der Waals surface area contributed by atoms with Crippen LogP contribution in [0.3, 0.4) is 0 Å². The number of carbonyl (C=O) groups is 2. The molecule has 7 nitrogen and oxygen atoms in total. The highest BCUT2D eigenvalue weighted by Crippen LogP contribution is 2.21. The molecule has 0 fully saturated rings. The van der Waals surface area contributed by atoms with Crippen LogP contribution in [-0.2, 0) is 16.0 Å². The molecule has 2 atom stereocenters. The molecule has 1 aromatic heterocycles. The highest BCUT2D eigenvalue weighted by Gasteiger charge is 2.22. The van der Waals surface area contributed by atoms with Crippen LogP contribution in [0.1, 0.15) is 63.1 Å². The number of halogens is 3. The van der Waals surface area contributed by atoms with E-state index in [0.29, 0.717) is 18.0 Å². The van der Waals surface area contributed by atoms with Gasteiger partial charge in [0.05, 0.1) is 12.5 Å². The van der Waals surface area contributed by atoms with Crippen molar-refractivity contribution in [1.29, 1.82) is 0 Å². The number of anilines is 1. The first-order valence-corrected chi connectivity index (χ1v) is 11.3. The van der Waals surface area contributed by atoms with Crippen molar-refractivity contribution in [2.75, 3.05) is 11.9 Å².